The molecule has 77 heavy (non-hydrogen) atoms. The average Bonchev–Trinajstić information content (AvgIpc) is 3.43. The topological polar surface area (TPSA) is 95.9 Å². The zero-order valence-electron chi connectivity index (χ0n) is 52.2. The Morgan fingerprint density at radius 3 is 0.948 bits per heavy atom. The highest BCUT2D eigenvalue weighted by atomic mass is 16.5. The molecule has 1 amide bonds. The van der Waals surface area contributed by atoms with Gasteiger partial charge in [0, 0.05) is 12.8 Å². The maximum atomic E-state index is 12.5. The van der Waals surface area contributed by atoms with Gasteiger partial charge in [-0.1, -0.05) is 346 Å². The van der Waals surface area contributed by atoms with Crippen molar-refractivity contribution in [1.29, 1.82) is 0 Å². The van der Waals surface area contributed by atoms with Crippen LogP contribution in [0.25, 0.3) is 0 Å². The van der Waals surface area contributed by atoms with E-state index in [2.05, 4.69) is 31.3 Å². The van der Waals surface area contributed by atoms with Crippen molar-refractivity contribution in [1.82, 2.24) is 5.32 Å². The third-order valence-electron chi connectivity index (χ3n) is 16.5. The number of carbonyl (C=O) groups excluding carboxylic acids is 2. The molecule has 0 aromatic carbocycles. The van der Waals surface area contributed by atoms with Gasteiger partial charge in [0.15, 0.2) is 0 Å². The smallest absolute Gasteiger partial charge is 0.305 e. The number of nitrogens with one attached hydrogen (secondary N) is 1. The first-order valence-corrected chi connectivity index (χ1v) is 35.1. The van der Waals surface area contributed by atoms with Gasteiger partial charge >= 0.3 is 5.97 Å². The van der Waals surface area contributed by atoms with Crippen molar-refractivity contribution >= 4 is 11.9 Å². The van der Waals surface area contributed by atoms with Crippen molar-refractivity contribution in [2.75, 3.05) is 13.2 Å². The molecule has 2 atom stereocenters. The van der Waals surface area contributed by atoms with Gasteiger partial charge in [-0.3, -0.25) is 9.59 Å². The molecule has 3 N–H and O–H groups in total. The summed E-state index contributed by atoms with van der Waals surface area (Å²) in [7, 11) is 0. The van der Waals surface area contributed by atoms with E-state index in [0.29, 0.717) is 19.4 Å². The number of esters is 1. The van der Waals surface area contributed by atoms with Crippen molar-refractivity contribution in [2.24, 2.45) is 0 Å². The summed E-state index contributed by atoms with van der Waals surface area (Å²) in [5.74, 6) is -0.0499. The summed E-state index contributed by atoms with van der Waals surface area (Å²) in [5, 5.41) is 23.2. The number of ether oxygens (including phenoxy) is 1. The first kappa shape index (κ1) is 75.3. The van der Waals surface area contributed by atoms with Crippen molar-refractivity contribution in [3.63, 3.8) is 0 Å². The third kappa shape index (κ3) is 63.4. The molecule has 0 aliphatic heterocycles. The highest BCUT2D eigenvalue weighted by Crippen LogP contribution is 2.19. The summed E-state index contributed by atoms with van der Waals surface area (Å²) in [4.78, 5) is 24.5. The monoisotopic (exact) mass is 1080 g/mol. The maximum Gasteiger partial charge on any atom is 0.305 e. The predicted molar refractivity (Wildman–Crippen MR) is 338 cm³/mol. The van der Waals surface area contributed by atoms with E-state index in [1.165, 1.54) is 321 Å². The van der Waals surface area contributed by atoms with Crippen molar-refractivity contribution in [3.8, 4) is 0 Å². The van der Waals surface area contributed by atoms with E-state index in [1.54, 1.807) is 6.08 Å². The SMILES string of the molecule is CCCCC/C=C\CCCCCCCC(=O)OCCCCCCCCCCCCCCCCCCCCCCCCCCCCCCCCCC(=O)NC(CO)C(O)/C=C/CCCCCCCCCCCCCCCCC. The fraction of sp³-hybridized carbons (Fsp3) is 0.915. The summed E-state index contributed by atoms with van der Waals surface area (Å²) in [5.41, 5.74) is 0. The maximum absolute atomic E-state index is 12.5. The van der Waals surface area contributed by atoms with Gasteiger partial charge in [0.2, 0.25) is 5.91 Å². The Kier molecular flexibility index (Phi) is 65.4. The van der Waals surface area contributed by atoms with E-state index in [1.807, 2.05) is 6.08 Å². The van der Waals surface area contributed by atoms with Crippen LogP contribution >= 0.6 is 0 Å². The molecule has 0 saturated heterocycles. The normalized spacial score (nSPS) is 12.6. The van der Waals surface area contributed by atoms with Crippen LogP contribution in [0.2, 0.25) is 0 Å². The van der Waals surface area contributed by atoms with Gasteiger partial charge in [-0.15, -0.1) is 0 Å². The zero-order chi connectivity index (χ0) is 55.7. The molecule has 0 heterocycles. The number of aliphatic hydroxyl groups excluding tert-OH is 2. The van der Waals surface area contributed by atoms with Crippen LogP contribution in [0.4, 0.5) is 0 Å². The number of carbonyl (C=O) groups is 2. The van der Waals surface area contributed by atoms with E-state index in [4.69, 9.17) is 4.74 Å². The average molecular weight is 1080 g/mol. The Bertz CT molecular complexity index is 1200. The Labute approximate surface area is 481 Å². The Morgan fingerprint density at radius 1 is 0.351 bits per heavy atom. The lowest BCUT2D eigenvalue weighted by Crippen LogP contribution is -2.45. The summed E-state index contributed by atoms with van der Waals surface area (Å²) in [6.07, 6.45) is 84.1. The first-order valence-electron chi connectivity index (χ1n) is 35.1. The number of amides is 1. The summed E-state index contributed by atoms with van der Waals surface area (Å²) >= 11 is 0. The first-order chi connectivity index (χ1) is 38.0. The molecule has 0 aromatic heterocycles. The number of hydrogen-bond donors (Lipinski definition) is 3. The Hall–Kier alpha value is -1.66. The number of hydrogen-bond acceptors (Lipinski definition) is 5. The van der Waals surface area contributed by atoms with Crippen LogP contribution in [0.1, 0.15) is 393 Å². The predicted octanol–water partition coefficient (Wildman–Crippen LogP) is 22.5. The molecule has 0 fully saturated rings. The van der Waals surface area contributed by atoms with E-state index in [0.717, 1.165) is 44.9 Å². The van der Waals surface area contributed by atoms with Crippen LogP contribution in [-0.2, 0) is 14.3 Å². The molecule has 0 aliphatic carbocycles. The van der Waals surface area contributed by atoms with E-state index in [-0.39, 0.29) is 18.5 Å². The molecule has 0 bridgehead atoms. The fourth-order valence-electron chi connectivity index (χ4n) is 11.1. The molecule has 0 saturated carbocycles. The molecule has 6 heteroatoms. The second kappa shape index (κ2) is 66.8. The molecule has 2 unspecified atom stereocenters. The molecule has 0 rings (SSSR count). The molecular formula is C71H137NO5. The second-order valence-electron chi connectivity index (χ2n) is 24.2. The van der Waals surface area contributed by atoms with Crippen molar-refractivity contribution in [2.45, 2.75) is 405 Å². The van der Waals surface area contributed by atoms with Gasteiger partial charge in [-0.2, -0.15) is 0 Å². The van der Waals surface area contributed by atoms with Crippen LogP contribution in [0.3, 0.4) is 0 Å². The molecule has 0 aliphatic rings. The van der Waals surface area contributed by atoms with Gasteiger partial charge in [0.25, 0.3) is 0 Å². The molecule has 0 aromatic rings. The number of allylic oxidation sites excluding steroid dienone is 3. The van der Waals surface area contributed by atoms with Crippen LogP contribution in [-0.4, -0.2) is 47.4 Å². The lowest BCUT2D eigenvalue weighted by Gasteiger charge is -2.20. The highest BCUT2D eigenvalue weighted by Gasteiger charge is 2.18. The van der Waals surface area contributed by atoms with Crippen LogP contribution in [0, 0.1) is 0 Å². The van der Waals surface area contributed by atoms with Gasteiger partial charge < -0.3 is 20.3 Å². The Morgan fingerprint density at radius 2 is 0.610 bits per heavy atom. The number of aliphatic hydroxyl groups is 2. The molecular weight excluding hydrogens is 947 g/mol. The summed E-state index contributed by atoms with van der Waals surface area (Å²) < 4.78 is 5.48. The van der Waals surface area contributed by atoms with Crippen LogP contribution in [0.15, 0.2) is 24.3 Å². The zero-order valence-corrected chi connectivity index (χ0v) is 52.2. The minimum Gasteiger partial charge on any atom is -0.466 e. The fourth-order valence-corrected chi connectivity index (χ4v) is 11.1. The van der Waals surface area contributed by atoms with Crippen molar-refractivity contribution < 1.29 is 24.5 Å². The largest absolute Gasteiger partial charge is 0.466 e. The quantitative estimate of drug-likeness (QED) is 0.0320. The second-order valence-corrected chi connectivity index (χ2v) is 24.2. The number of unbranched alkanes of at least 4 members (excludes halogenated alkanes) is 53. The Balaban J connectivity index is 3.35. The minimum atomic E-state index is -0.841. The van der Waals surface area contributed by atoms with Gasteiger partial charge in [-0.25, -0.2) is 0 Å². The van der Waals surface area contributed by atoms with Gasteiger partial charge in [0.05, 0.1) is 25.4 Å². The highest BCUT2D eigenvalue weighted by molar-refractivity contribution is 5.76. The lowest BCUT2D eigenvalue weighted by atomic mass is 10.0. The van der Waals surface area contributed by atoms with E-state index < -0.39 is 12.1 Å². The van der Waals surface area contributed by atoms with Gasteiger partial charge in [0.1, 0.15) is 0 Å². The number of rotatable bonds is 66. The molecule has 6 nitrogen and oxygen atoms in total. The van der Waals surface area contributed by atoms with Gasteiger partial charge in [-0.05, 0) is 57.8 Å². The molecule has 0 radical (unpaired) electrons. The van der Waals surface area contributed by atoms with Crippen LogP contribution < -0.4 is 5.32 Å². The summed E-state index contributed by atoms with van der Waals surface area (Å²) in [6.45, 7) is 4.91. The van der Waals surface area contributed by atoms with E-state index in [9.17, 15) is 19.8 Å². The standard InChI is InChI=1S/C71H137NO5/c1-3-5-7-9-11-13-15-17-18-34-37-40-43-47-51-55-59-63-69(74)68(67-73)72-70(75)64-60-56-52-48-44-41-38-35-32-30-28-26-24-22-20-19-21-23-25-27-29-31-33-36-39-42-46-50-54-58-62-66-77-71(76)65-61-57-53-49-45-16-14-12-10-8-6-4-2/h12,14,59,63,68-69,73-74H,3-11,13,15-58,60-62,64-67H2,1-2H3,(H,72,75)/b14-12-,63-59+. The van der Waals surface area contributed by atoms with Crippen molar-refractivity contribution in [3.05, 3.63) is 24.3 Å². The lowest BCUT2D eigenvalue weighted by molar-refractivity contribution is -0.143. The summed E-state index contributed by atoms with van der Waals surface area (Å²) in [6, 6.07) is -0.624. The minimum absolute atomic E-state index is 0.0107. The van der Waals surface area contributed by atoms with Crippen LogP contribution in [0.5, 0.6) is 0 Å². The molecule has 0 spiro atoms. The van der Waals surface area contributed by atoms with E-state index >= 15 is 0 Å². The third-order valence-corrected chi connectivity index (χ3v) is 16.5. The molecule has 456 valence electrons.